The van der Waals surface area contributed by atoms with Crippen molar-refractivity contribution in [3.8, 4) is 0 Å². The number of rotatable bonds is 8. The molecule has 0 unspecified atom stereocenters. The number of aromatic nitrogens is 3. The van der Waals surface area contributed by atoms with E-state index in [2.05, 4.69) is 75.8 Å². The van der Waals surface area contributed by atoms with Gasteiger partial charge in [0.15, 0.2) is 0 Å². The molecule has 1 aliphatic heterocycles. The molecule has 0 atom stereocenters. The summed E-state index contributed by atoms with van der Waals surface area (Å²) < 4.78 is 7.83. The Bertz CT molecular complexity index is 1040. The first-order valence-electron chi connectivity index (χ1n) is 10.4. The van der Waals surface area contributed by atoms with Crippen LogP contribution < -0.4 is 14.1 Å². The number of aryl methyl sites for hydroxylation is 1. The topological polar surface area (TPSA) is 32.9 Å². The molecule has 3 aromatic rings. The van der Waals surface area contributed by atoms with Gasteiger partial charge in [-0.2, -0.15) is 0 Å². The third kappa shape index (κ3) is 4.56. The van der Waals surface area contributed by atoms with E-state index in [9.17, 15) is 0 Å². The van der Waals surface area contributed by atoms with Gasteiger partial charge in [0.2, 0.25) is 0 Å². The number of anilines is 1. The molecular weight excluding hydrogens is 490 g/mol. The summed E-state index contributed by atoms with van der Waals surface area (Å²) in [5.41, 5.74) is 2.61. The molecular formula is C23H27N4Se2+. The molecule has 0 radical (unpaired) electrons. The number of nitrogens with zero attached hydrogens (tertiary/aromatic N) is 4. The predicted molar refractivity (Wildman–Crippen MR) is 123 cm³/mol. The van der Waals surface area contributed by atoms with E-state index >= 15 is 0 Å². The zero-order valence-electron chi connectivity index (χ0n) is 17.0. The summed E-state index contributed by atoms with van der Waals surface area (Å²) in [5, 5.41) is 0. The maximum absolute atomic E-state index is 4.63. The van der Waals surface area contributed by atoms with Crippen molar-refractivity contribution in [3.63, 3.8) is 0 Å². The fourth-order valence-electron chi connectivity index (χ4n) is 3.43. The number of unbranched alkanes of at least 4 members (excludes halogenated alkanes) is 2. The Kier molecular flexibility index (Phi) is 6.99. The first-order chi connectivity index (χ1) is 14.3. The summed E-state index contributed by atoms with van der Waals surface area (Å²) in [6, 6.07) is 8.54. The molecule has 0 fully saturated rings. The van der Waals surface area contributed by atoms with Crippen LogP contribution in [0.2, 0.25) is 0 Å². The van der Waals surface area contributed by atoms with E-state index in [1.807, 2.05) is 12.4 Å². The molecule has 0 saturated heterocycles. The van der Waals surface area contributed by atoms with E-state index in [1.54, 1.807) is 0 Å². The summed E-state index contributed by atoms with van der Waals surface area (Å²) in [6.45, 7) is 6.67. The van der Waals surface area contributed by atoms with Crippen LogP contribution in [0.25, 0.3) is 16.0 Å². The minimum absolute atomic E-state index is 0.284. The first-order valence-corrected chi connectivity index (χ1v) is 13.8. The Morgan fingerprint density at radius 1 is 1.07 bits per heavy atom. The molecule has 29 heavy (non-hydrogen) atoms. The van der Waals surface area contributed by atoms with Crippen LogP contribution in [0.1, 0.15) is 44.1 Å². The van der Waals surface area contributed by atoms with Crippen LogP contribution in [0.3, 0.4) is 0 Å². The Morgan fingerprint density at radius 3 is 2.76 bits per heavy atom. The molecule has 150 valence electrons. The second kappa shape index (κ2) is 9.86. The molecule has 0 spiro atoms. The molecule has 1 aliphatic rings. The van der Waals surface area contributed by atoms with Crippen molar-refractivity contribution in [2.45, 2.75) is 46.1 Å². The van der Waals surface area contributed by atoms with Gasteiger partial charge < -0.3 is 0 Å². The first kappa shape index (κ1) is 20.6. The average molecular weight is 517 g/mol. The van der Waals surface area contributed by atoms with Crippen molar-refractivity contribution in [2.24, 2.45) is 0 Å². The van der Waals surface area contributed by atoms with E-state index in [4.69, 9.17) is 0 Å². The molecule has 0 aliphatic carbocycles. The maximum atomic E-state index is 4.63. The number of hydrogen-bond donors (Lipinski definition) is 0. The van der Waals surface area contributed by atoms with Gasteiger partial charge >= 0.3 is 186 Å². The van der Waals surface area contributed by atoms with Crippen LogP contribution in [0.15, 0.2) is 53.4 Å². The fourth-order valence-corrected chi connectivity index (χ4v) is 7.80. The monoisotopic (exact) mass is 519 g/mol. The molecule has 4 heterocycles. The molecule has 0 amide bonds. The summed E-state index contributed by atoms with van der Waals surface area (Å²) >= 11 is 0.569. The Hall–Kier alpha value is -1.71. The van der Waals surface area contributed by atoms with Crippen molar-refractivity contribution in [2.75, 3.05) is 11.4 Å². The third-order valence-corrected chi connectivity index (χ3v) is 9.47. The van der Waals surface area contributed by atoms with Gasteiger partial charge in [-0.1, -0.05) is 0 Å². The molecule has 0 N–H and O–H groups in total. The summed E-state index contributed by atoms with van der Waals surface area (Å²) in [6.07, 6.45) is 15.6. The number of fused-ring (bicyclic) bond motifs is 2. The molecule has 4 rings (SSSR count). The van der Waals surface area contributed by atoms with Crippen molar-refractivity contribution < 1.29 is 4.57 Å². The standard InChI is InChI=1S/C23H27N4Se2/c1-3-5-16-26-18-10-8-14-24-22(18)28-20(26)12-7-13-21-27(17-6-4-2)19-11-9-15-25-23(19)29-21/h7-15H,3-6,16-17H2,1-2H3/q+1. The molecule has 0 bridgehead atoms. The molecule has 3 aromatic heterocycles. The van der Waals surface area contributed by atoms with Crippen LogP contribution >= 0.6 is 0 Å². The van der Waals surface area contributed by atoms with Gasteiger partial charge in [0.1, 0.15) is 0 Å². The quantitative estimate of drug-likeness (QED) is 0.340. The van der Waals surface area contributed by atoms with Crippen LogP contribution in [-0.2, 0) is 6.54 Å². The van der Waals surface area contributed by atoms with E-state index in [1.165, 1.54) is 55.0 Å². The van der Waals surface area contributed by atoms with Gasteiger partial charge in [-0.05, 0) is 0 Å². The summed E-state index contributed by atoms with van der Waals surface area (Å²) in [5.74, 6) is 0. The van der Waals surface area contributed by atoms with Crippen molar-refractivity contribution in [1.82, 2.24) is 9.97 Å². The van der Waals surface area contributed by atoms with Gasteiger partial charge in [0, 0.05) is 0 Å². The van der Waals surface area contributed by atoms with Crippen molar-refractivity contribution in [1.29, 1.82) is 0 Å². The van der Waals surface area contributed by atoms with Crippen LogP contribution in [0.5, 0.6) is 0 Å². The Balaban J connectivity index is 1.61. The summed E-state index contributed by atoms with van der Waals surface area (Å²) in [4.78, 5) is 11.7. The van der Waals surface area contributed by atoms with Crippen molar-refractivity contribution in [3.05, 3.63) is 58.0 Å². The number of pyridine rings is 2. The van der Waals surface area contributed by atoms with E-state index in [0.717, 1.165) is 13.1 Å². The zero-order valence-corrected chi connectivity index (χ0v) is 20.5. The normalized spacial score (nSPS) is 15.1. The molecule has 4 nitrogen and oxygen atoms in total. The third-order valence-electron chi connectivity index (χ3n) is 4.97. The van der Waals surface area contributed by atoms with Crippen LogP contribution in [0.4, 0.5) is 5.69 Å². The second-order valence-corrected chi connectivity index (χ2v) is 11.3. The summed E-state index contributed by atoms with van der Waals surface area (Å²) in [7, 11) is 0. The van der Waals surface area contributed by atoms with Gasteiger partial charge in [-0.25, -0.2) is 0 Å². The zero-order chi connectivity index (χ0) is 20.1. The molecule has 0 saturated carbocycles. The molecule has 0 aromatic carbocycles. The van der Waals surface area contributed by atoms with Crippen molar-refractivity contribution >= 4 is 55.7 Å². The predicted octanol–water partition coefficient (Wildman–Crippen LogP) is 3.28. The minimum atomic E-state index is 0.284. The number of allylic oxidation sites excluding steroid dienone is 2. The fraction of sp³-hybridized carbons (Fsp3) is 0.348. The number of hydrogen-bond acceptors (Lipinski definition) is 3. The van der Waals surface area contributed by atoms with E-state index in [-0.39, 0.29) is 29.5 Å². The Labute approximate surface area is 185 Å². The SMILES string of the molecule is CCCCN1C(=CC=Cc2[se]c3ncccc3[n+]2CCCC)[Se]c2ncccc21. The van der Waals surface area contributed by atoms with Gasteiger partial charge in [-0.3, -0.25) is 0 Å². The second-order valence-electron chi connectivity index (χ2n) is 7.07. The van der Waals surface area contributed by atoms with E-state index in [0.29, 0.717) is 0 Å². The average Bonchev–Trinajstić information content (AvgIpc) is 3.28. The van der Waals surface area contributed by atoms with E-state index < -0.39 is 0 Å². The van der Waals surface area contributed by atoms with Gasteiger partial charge in [-0.15, -0.1) is 0 Å². The molecule has 6 heteroatoms. The van der Waals surface area contributed by atoms with Gasteiger partial charge in [0.25, 0.3) is 0 Å². The van der Waals surface area contributed by atoms with Crippen LogP contribution in [0, 0.1) is 0 Å². The van der Waals surface area contributed by atoms with Crippen LogP contribution in [-0.4, -0.2) is 46.0 Å². The van der Waals surface area contributed by atoms with Gasteiger partial charge in [0.05, 0.1) is 0 Å². The Morgan fingerprint density at radius 2 is 1.90 bits per heavy atom.